The van der Waals surface area contributed by atoms with E-state index in [0.29, 0.717) is 25.3 Å². The fraction of sp³-hybridized carbons (Fsp3) is 0.417. The lowest BCUT2D eigenvalue weighted by Gasteiger charge is -2.31. The number of nitrogens with zero attached hydrogens (tertiary/aromatic N) is 3. The normalized spacial score (nSPS) is 16.9. The summed E-state index contributed by atoms with van der Waals surface area (Å²) in [6, 6.07) is 4.90. The zero-order chi connectivity index (χ0) is 13.1. The van der Waals surface area contributed by atoms with Crippen LogP contribution in [-0.2, 0) is 11.3 Å². The first-order valence-electron chi connectivity index (χ1n) is 5.72. The zero-order valence-electron chi connectivity index (χ0n) is 10.2. The molecule has 0 atom stereocenters. The van der Waals surface area contributed by atoms with Gasteiger partial charge in [-0.2, -0.15) is 0 Å². The summed E-state index contributed by atoms with van der Waals surface area (Å²) in [7, 11) is 1.78. The second-order valence-corrected chi connectivity index (χ2v) is 4.35. The molecule has 18 heavy (non-hydrogen) atoms. The van der Waals surface area contributed by atoms with E-state index in [2.05, 4.69) is 4.98 Å². The molecule has 1 amide bonds. The summed E-state index contributed by atoms with van der Waals surface area (Å²) >= 11 is 0. The predicted molar refractivity (Wildman–Crippen MR) is 64.1 cm³/mol. The molecule has 0 saturated carbocycles. The van der Waals surface area contributed by atoms with Crippen molar-refractivity contribution < 1.29 is 14.7 Å². The van der Waals surface area contributed by atoms with Gasteiger partial charge in [0, 0.05) is 26.7 Å². The molecule has 0 radical (unpaired) electrons. The van der Waals surface area contributed by atoms with Gasteiger partial charge >= 0.3 is 5.97 Å². The van der Waals surface area contributed by atoms with Gasteiger partial charge in [-0.15, -0.1) is 0 Å². The second kappa shape index (κ2) is 5.14. The summed E-state index contributed by atoms with van der Waals surface area (Å²) in [5.41, 5.74) is 0.709. The molecular formula is C12H15N3O3. The van der Waals surface area contributed by atoms with Gasteiger partial charge in [-0.1, -0.05) is 6.07 Å². The Morgan fingerprint density at radius 3 is 2.89 bits per heavy atom. The first-order chi connectivity index (χ1) is 8.56. The van der Waals surface area contributed by atoms with E-state index in [9.17, 15) is 9.59 Å². The Morgan fingerprint density at radius 1 is 1.44 bits per heavy atom. The Balaban J connectivity index is 2.03. The van der Waals surface area contributed by atoms with Crippen molar-refractivity contribution in [1.29, 1.82) is 0 Å². The third-order valence-corrected chi connectivity index (χ3v) is 2.95. The van der Waals surface area contributed by atoms with E-state index in [-0.39, 0.29) is 11.6 Å². The fourth-order valence-electron chi connectivity index (χ4n) is 1.86. The largest absolute Gasteiger partial charge is 0.477 e. The van der Waals surface area contributed by atoms with Crippen LogP contribution in [0.25, 0.3) is 0 Å². The molecule has 0 aromatic carbocycles. The first kappa shape index (κ1) is 12.5. The lowest BCUT2D eigenvalue weighted by Crippen LogP contribution is -2.48. The lowest BCUT2D eigenvalue weighted by atomic mass is 10.2. The highest BCUT2D eigenvalue weighted by molar-refractivity contribution is 5.85. The van der Waals surface area contributed by atoms with Crippen LogP contribution in [0, 0.1) is 0 Å². The third-order valence-electron chi connectivity index (χ3n) is 2.95. The maximum atomic E-state index is 11.5. The number of carbonyl (C=O) groups excluding carboxylic acids is 1. The van der Waals surface area contributed by atoms with Crippen molar-refractivity contribution in [3.05, 3.63) is 29.6 Å². The van der Waals surface area contributed by atoms with Crippen molar-refractivity contribution in [1.82, 2.24) is 14.8 Å². The van der Waals surface area contributed by atoms with Crippen molar-refractivity contribution in [2.75, 3.05) is 26.7 Å². The monoisotopic (exact) mass is 249 g/mol. The average Bonchev–Trinajstić information content (AvgIpc) is 2.34. The molecule has 1 aromatic rings. The molecule has 0 aliphatic carbocycles. The SMILES string of the molecule is CN1CCN(Cc2cccc(C(=O)O)n2)CC1=O. The molecule has 2 heterocycles. The molecule has 1 saturated heterocycles. The Hall–Kier alpha value is -1.95. The summed E-state index contributed by atoms with van der Waals surface area (Å²) in [5, 5.41) is 8.86. The number of carbonyl (C=O) groups is 2. The molecule has 6 heteroatoms. The van der Waals surface area contributed by atoms with Gasteiger partial charge in [-0.3, -0.25) is 9.69 Å². The molecule has 0 bridgehead atoms. The highest BCUT2D eigenvalue weighted by Gasteiger charge is 2.21. The van der Waals surface area contributed by atoms with E-state index in [4.69, 9.17) is 5.11 Å². The molecule has 1 aliphatic heterocycles. The molecule has 0 spiro atoms. The number of aromatic carboxylic acids is 1. The standard InChI is InChI=1S/C12H15N3O3/c1-14-5-6-15(8-11(14)16)7-9-3-2-4-10(13-9)12(17)18/h2-4H,5-8H2,1H3,(H,17,18). The number of carboxylic acids is 1. The van der Waals surface area contributed by atoms with Gasteiger partial charge < -0.3 is 10.0 Å². The van der Waals surface area contributed by atoms with Crippen LogP contribution >= 0.6 is 0 Å². The number of aromatic nitrogens is 1. The number of likely N-dealkylation sites (N-methyl/N-ethyl adjacent to an activating group) is 1. The van der Waals surface area contributed by atoms with Gasteiger partial charge in [-0.05, 0) is 12.1 Å². The van der Waals surface area contributed by atoms with Gasteiger partial charge in [0.2, 0.25) is 5.91 Å². The maximum absolute atomic E-state index is 11.5. The van der Waals surface area contributed by atoms with E-state index >= 15 is 0 Å². The first-order valence-corrected chi connectivity index (χ1v) is 5.72. The molecule has 1 aromatic heterocycles. The maximum Gasteiger partial charge on any atom is 0.354 e. The van der Waals surface area contributed by atoms with Crippen molar-refractivity contribution in [2.45, 2.75) is 6.54 Å². The minimum absolute atomic E-state index is 0.0351. The van der Waals surface area contributed by atoms with Crippen LogP contribution in [0.15, 0.2) is 18.2 Å². The highest BCUT2D eigenvalue weighted by Crippen LogP contribution is 2.07. The second-order valence-electron chi connectivity index (χ2n) is 4.35. The van der Waals surface area contributed by atoms with Gasteiger partial charge in [0.15, 0.2) is 0 Å². The molecule has 1 aliphatic rings. The number of hydrogen-bond donors (Lipinski definition) is 1. The van der Waals surface area contributed by atoms with Crippen LogP contribution in [0.4, 0.5) is 0 Å². The molecule has 6 nitrogen and oxygen atoms in total. The minimum atomic E-state index is -1.04. The summed E-state index contributed by atoms with van der Waals surface area (Å²) in [4.78, 5) is 30.0. The van der Waals surface area contributed by atoms with Crippen LogP contribution in [0.3, 0.4) is 0 Å². The van der Waals surface area contributed by atoms with Gasteiger partial charge in [-0.25, -0.2) is 9.78 Å². The predicted octanol–water partition coefficient (Wildman–Crippen LogP) is 0.0538. The van der Waals surface area contributed by atoms with Crippen molar-refractivity contribution in [2.24, 2.45) is 0 Å². The van der Waals surface area contributed by atoms with Crippen LogP contribution in [-0.4, -0.2) is 58.4 Å². The minimum Gasteiger partial charge on any atom is -0.477 e. The average molecular weight is 249 g/mol. The zero-order valence-corrected chi connectivity index (χ0v) is 10.2. The summed E-state index contributed by atoms with van der Waals surface area (Å²) < 4.78 is 0. The molecule has 96 valence electrons. The summed E-state index contributed by atoms with van der Waals surface area (Å²) in [6.45, 7) is 2.33. The number of amides is 1. The number of hydrogen-bond acceptors (Lipinski definition) is 4. The van der Waals surface area contributed by atoms with Gasteiger partial charge in [0.1, 0.15) is 5.69 Å². The van der Waals surface area contributed by atoms with Crippen molar-refractivity contribution in [3.63, 3.8) is 0 Å². The summed E-state index contributed by atoms with van der Waals surface area (Å²) in [5.74, 6) is -0.957. The molecular weight excluding hydrogens is 234 g/mol. The van der Waals surface area contributed by atoms with Gasteiger partial charge in [0.25, 0.3) is 0 Å². The Bertz CT molecular complexity index is 475. The van der Waals surface area contributed by atoms with E-state index in [1.54, 1.807) is 24.1 Å². The van der Waals surface area contributed by atoms with Crippen LogP contribution in [0.5, 0.6) is 0 Å². The van der Waals surface area contributed by atoms with Crippen LogP contribution in [0.1, 0.15) is 16.2 Å². The van der Waals surface area contributed by atoms with Crippen molar-refractivity contribution >= 4 is 11.9 Å². The van der Waals surface area contributed by atoms with E-state index in [0.717, 1.165) is 6.54 Å². The van der Waals surface area contributed by atoms with Gasteiger partial charge in [0.05, 0.1) is 12.2 Å². The Labute approximate surface area is 105 Å². The Morgan fingerprint density at radius 2 is 2.22 bits per heavy atom. The number of carboxylic acid groups (broad SMARTS) is 1. The molecule has 1 N–H and O–H groups in total. The smallest absolute Gasteiger partial charge is 0.354 e. The lowest BCUT2D eigenvalue weighted by molar-refractivity contribution is -0.134. The molecule has 0 unspecified atom stereocenters. The Kier molecular flexibility index (Phi) is 3.57. The number of piperazine rings is 1. The van der Waals surface area contributed by atoms with Crippen molar-refractivity contribution in [3.8, 4) is 0 Å². The van der Waals surface area contributed by atoms with E-state index in [1.807, 2.05) is 4.90 Å². The molecule has 1 fully saturated rings. The molecule has 2 rings (SSSR count). The van der Waals surface area contributed by atoms with Crippen LogP contribution < -0.4 is 0 Å². The fourth-order valence-corrected chi connectivity index (χ4v) is 1.86. The highest BCUT2D eigenvalue weighted by atomic mass is 16.4. The number of rotatable bonds is 3. The third kappa shape index (κ3) is 2.84. The summed E-state index contributed by atoms with van der Waals surface area (Å²) in [6.07, 6.45) is 0. The van der Waals surface area contributed by atoms with Crippen LogP contribution in [0.2, 0.25) is 0 Å². The topological polar surface area (TPSA) is 73.7 Å². The van der Waals surface area contributed by atoms with E-state index < -0.39 is 5.97 Å². The quantitative estimate of drug-likeness (QED) is 0.819. The van der Waals surface area contributed by atoms with E-state index in [1.165, 1.54) is 6.07 Å². The number of pyridine rings is 1.